The summed E-state index contributed by atoms with van der Waals surface area (Å²) in [5.41, 5.74) is 4.09. The topological polar surface area (TPSA) is 9.23 Å². The zero-order chi connectivity index (χ0) is 20.3. The first-order valence-electron chi connectivity index (χ1n) is 12.0. The summed E-state index contributed by atoms with van der Waals surface area (Å²) in [6, 6.07) is 17.7. The molecule has 29 heavy (non-hydrogen) atoms. The van der Waals surface area contributed by atoms with Gasteiger partial charge in [-0.2, -0.15) is 0 Å². The number of unbranched alkanes of at least 4 members (excludes halogenated alkanes) is 6. The molecule has 158 valence electrons. The largest absolute Gasteiger partial charge is 0.497 e. The van der Waals surface area contributed by atoms with E-state index in [1.807, 2.05) is 12.1 Å². The second-order valence-electron chi connectivity index (χ2n) is 8.98. The van der Waals surface area contributed by atoms with Crippen molar-refractivity contribution in [2.75, 3.05) is 7.11 Å². The SMILES string of the molecule is CCCCCCCCCC1CCC(c2ccc(-c3ccc(OC)cc3)cc2)CC1. The average molecular weight is 393 g/mol. The third-order valence-electron chi connectivity index (χ3n) is 6.87. The van der Waals surface area contributed by atoms with Crippen LogP contribution < -0.4 is 4.74 Å². The summed E-state index contributed by atoms with van der Waals surface area (Å²) in [5, 5.41) is 0. The molecule has 2 aromatic rings. The van der Waals surface area contributed by atoms with E-state index in [0.717, 1.165) is 17.6 Å². The quantitative estimate of drug-likeness (QED) is 0.347. The van der Waals surface area contributed by atoms with Gasteiger partial charge in [0.15, 0.2) is 0 Å². The molecule has 0 saturated heterocycles. The molecule has 0 bridgehead atoms. The molecule has 0 N–H and O–H groups in total. The van der Waals surface area contributed by atoms with Crippen molar-refractivity contribution < 1.29 is 4.74 Å². The fourth-order valence-electron chi connectivity index (χ4n) is 4.91. The first-order valence-corrected chi connectivity index (χ1v) is 12.0. The molecule has 1 aliphatic rings. The van der Waals surface area contributed by atoms with Crippen LogP contribution in [0.2, 0.25) is 0 Å². The molecular weight excluding hydrogens is 352 g/mol. The molecule has 1 saturated carbocycles. The Balaban J connectivity index is 1.39. The van der Waals surface area contributed by atoms with E-state index in [1.54, 1.807) is 7.11 Å². The van der Waals surface area contributed by atoms with Crippen LogP contribution in [0.25, 0.3) is 11.1 Å². The summed E-state index contributed by atoms with van der Waals surface area (Å²) in [4.78, 5) is 0. The molecule has 1 aliphatic carbocycles. The van der Waals surface area contributed by atoms with Crippen molar-refractivity contribution in [3.8, 4) is 16.9 Å². The zero-order valence-electron chi connectivity index (χ0n) is 18.7. The average Bonchev–Trinajstić information content (AvgIpc) is 2.79. The fourth-order valence-corrected chi connectivity index (χ4v) is 4.91. The Hall–Kier alpha value is -1.76. The Kier molecular flexibility index (Phi) is 9.12. The number of ether oxygens (including phenoxy) is 1. The number of hydrogen-bond donors (Lipinski definition) is 0. The summed E-state index contributed by atoms with van der Waals surface area (Å²) in [7, 11) is 1.72. The maximum atomic E-state index is 5.26. The molecule has 0 amide bonds. The van der Waals surface area contributed by atoms with Crippen LogP contribution >= 0.6 is 0 Å². The highest BCUT2D eigenvalue weighted by Crippen LogP contribution is 2.38. The minimum atomic E-state index is 0.769. The van der Waals surface area contributed by atoms with Crippen molar-refractivity contribution in [1.82, 2.24) is 0 Å². The van der Waals surface area contributed by atoms with Crippen molar-refractivity contribution in [3.63, 3.8) is 0 Å². The highest BCUT2D eigenvalue weighted by molar-refractivity contribution is 5.64. The molecule has 1 nitrogen and oxygen atoms in total. The van der Waals surface area contributed by atoms with Crippen molar-refractivity contribution in [2.24, 2.45) is 5.92 Å². The van der Waals surface area contributed by atoms with Crippen LogP contribution in [-0.2, 0) is 0 Å². The summed E-state index contributed by atoms with van der Waals surface area (Å²) < 4.78 is 5.26. The monoisotopic (exact) mass is 392 g/mol. The predicted octanol–water partition coefficient (Wildman–Crippen LogP) is 8.78. The molecule has 2 aromatic carbocycles. The summed E-state index contributed by atoms with van der Waals surface area (Å²) in [6.45, 7) is 2.30. The smallest absolute Gasteiger partial charge is 0.118 e. The highest BCUT2D eigenvalue weighted by atomic mass is 16.5. The van der Waals surface area contributed by atoms with Crippen LogP contribution in [0.4, 0.5) is 0 Å². The first kappa shape index (κ1) is 21.9. The molecule has 0 spiro atoms. The number of benzene rings is 2. The lowest BCUT2D eigenvalue weighted by molar-refractivity contribution is 0.302. The number of rotatable bonds is 11. The van der Waals surface area contributed by atoms with Gasteiger partial charge in [-0.15, -0.1) is 0 Å². The van der Waals surface area contributed by atoms with E-state index >= 15 is 0 Å². The van der Waals surface area contributed by atoms with Gasteiger partial charge in [0.1, 0.15) is 5.75 Å². The zero-order valence-corrected chi connectivity index (χ0v) is 18.7. The van der Waals surface area contributed by atoms with E-state index in [2.05, 4.69) is 43.3 Å². The summed E-state index contributed by atoms with van der Waals surface area (Å²) >= 11 is 0. The molecule has 0 unspecified atom stereocenters. The maximum Gasteiger partial charge on any atom is 0.118 e. The molecule has 3 rings (SSSR count). The lowest BCUT2D eigenvalue weighted by Crippen LogP contribution is -2.13. The molecule has 0 atom stereocenters. The van der Waals surface area contributed by atoms with Gasteiger partial charge in [0, 0.05) is 0 Å². The molecule has 0 aromatic heterocycles. The third kappa shape index (κ3) is 6.91. The standard InChI is InChI=1S/C28H40O/c1-3-4-5-6-7-8-9-10-23-11-13-24(14-12-23)25-15-17-26(18-16-25)27-19-21-28(29-2)22-20-27/h15-24H,3-14H2,1-2H3. The van der Waals surface area contributed by atoms with E-state index in [9.17, 15) is 0 Å². The Morgan fingerprint density at radius 3 is 1.83 bits per heavy atom. The van der Waals surface area contributed by atoms with Gasteiger partial charge in [-0.25, -0.2) is 0 Å². The molecule has 0 aliphatic heterocycles. The highest BCUT2D eigenvalue weighted by Gasteiger charge is 2.22. The van der Waals surface area contributed by atoms with E-state index in [-0.39, 0.29) is 0 Å². The van der Waals surface area contributed by atoms with E-state index in [0.29, 0.717) is 0 Å². The van der Waals surface area contributed by atoms with Crippen LogP contribution in [0.3, 0.4) is 0 Å². The van der Waals surface area contributed by atoms with Crippen molar-refractivity contribution >= 4 is 0 Å². The minimum absolute atomic E-state index is 0.769. The van der Waals surface area contributed by atoms with Crippen LogP contribution in [0.1, 0.15) is 95.5 Å². The van der Waals surface area contributed by atoms with Gasteiger partial charge in [0.2, 0.25) is 0 Å². The third-order valence-corrected chi connectivity index (χ3v) is 6.87. The molecule has 1 fully saturated rings. The van der Waals surface area contributed by atoms with Gasteiger partial charge in [-0.3, -0.25) is 0 Å². The second kappa shape index (κ2) is 12.1. The number of methoxy groups -OCH3 is 1. The molecular formula is C28H40O. The Labute approximate surface area is 178 Å². The Morgan fingerprint density at radius 2 is 1.24 bits per heavy atom. The van der Waals surface area contributed by atoms with E-state index in [1.165, 1.54) is 93.7 Å². The van der Waals surface area contributed by atoms with E-state index in [4.69, 9.17) is 4.74 Å². The van der Waals surface area contributed by atoms with Crippen molar-refractivity contribution in [3.05, 3.63) is 54.1 Å². The van der Waals surface area contributed by atoms with Crippen molar-refractivity contribution in [2.45, 2.75) is 89.9 Å². The maximum absolute atomic E-state index is 5.26. The van der Waals surface area contributed by atoms with Gasteiger partial charge >= 0.3 is 0 Å². The summed E-state index contributed by atoms with van der Waals surface area (Å²) in [6.07, 6.45) is 17.1. The summed E-state index contributed by atoms with van der Waals surface area (Å²) in [5.74, 6) is 2.67. The first-order chi connectivity index (χ1) is 14.3. The van der Waals surface area contributed by atoms with Gasteiger partial charge in [0.25, 0.3) is 0 Å². The Morgan fingerprint density at radius 1 is 0.690 bits per heavy atom. The Bertz CT molecular complexity index is 677. The van der Waals surface area contributed by atoms with Gasteiger partial charge in [-0.05, 0) is 66.3 Å². The van der Waals surface area contributed by atoms with Crippen LogP contribution in [0, 0.1) is 5.92 Å². The second-order valence-corrected chi connectivity index (χ2v) is 8.98. The van der Waals surface area contributed by atoms with Crippen LogP contribution in [0.15, 0.2) is 48.5 Å². The minimum Gasteiger partial charge on any atom is -0.497 e. The number of hydrogen-bond acceptors (Lipinski definition) is 1. The van der Waals surface area contributed by atoms with Crippen molar-refractivity contribution in [1.29, 1.82) is 0 Å². The van der Waals surface area contributed by atoms with Gasteiger partial charge < -0.3 is 4.74 Å². The normalized spacial score (nSPS) is 19.2. The van der Waals surface area contributed by atoms with Gasteiger partial charge in [-0.1, -0.05) is 94.7 Å². The molecule has 1 heteroatoms. The fraction of sp³-hybridized carbons (Fsp3) is 0.571. The lowest BCUT2D eigenvalue weighted by atomic mass is 9.77. The lowest BCUT2D eigenvalue weighted by Gasteiger charge is -2.29. The van der Waals surface area contributed by atoms with E-state index < -0.39 is 0 Å². The van der Waals surface area contributed by atoms with Crippen LogP contribution in [0.5, 0.6) is 5.75 Å². The van der Waals surface area contributed by atoms with Crippen LogP contribution in [-0.4, -0.2) is 7.11 Å². The molecule has 0 radical (unpaired) electrons. The predicted molar refractivity (Wildman–Crippen MR) is 126 cm³/mol. The van der Waals surface area contributed by atoms with Gasteiger partial charge in [0.05, 0.1) is 7.11 Å². The molecule has 0 heterocycles.